The monoisotopic (exact) mass is 509 g/mol. The van der Waals surface area contributed by atoms with Gasteiger partial charge in [-0.1, -0.05) is 26.8 Å². The Hall–Kier alpha value is 0.300. The molecule has 0 fully saturated rings. The zero-order chi connectivity index (χ0) is 19.2. The van der Waals surface area contributed by atoms with Gasteiger partial charge in [-0.2, -0.15) is 23.9 Å². The Morgan fingerprint density at radius 1 is 1.11 bits per heavy atom. The van der Waals surface area contributed by atoms with E-state index in [4.69, 9.17) is 10.2 Å². The summed E-state index contributed by atoms with van der Waals surface area (Å²) in [5.41, 5.74) is 6.69. The quantitative estimate of drug-likeness (QED) is 0.307. The van der Waals surface area contributed by atoms with Crippen molar-refractivity contribution < 1.29 is 28.7 Å². The maximum absolute atomic E-state index is 6.94. The summed E-state index contributed by atoms with van der Waals surface area (Å²) in [7, 11) is -1.22. The van der Waals surface area contributed by atoms with E-state index in [2.05, 4.69) is 73.2 Å². The van der Waals surface area contributed by atoms with Gasteiger partial charge in [0, 0.05) is 6.61 Å². The van der Waals surface area contributed by atoms with Crippen molar-refractivity contribution in [1.82, 2.24) is 0 Å². The number of nitrogens with one attached hydrogen (secondary N) is 1. The molecular weight excluding hydrogens is 472 g/mol. The van der Waals surface area contributed by atoms with Gasteiger partial charge < -0.3 is 24.5 Å². The topological polar surface area (TPSA) is 33.0 Å². The van der Waals surface area contributed by atoms with E-state index in [0.717, 1.165) is 13.0 Å². The Bertz CT molecular complexity index is 500. The van der Waals surface area contributed by atoms with Crippen molar-refractivity contribution in [2.24, 2.45) is 0 Å². The second-order valence-corrected chi connectivity index (χ2v) is 11.7. The summed E-state index contributed by atoms with van der Waals surface area (Å²) in [6.45, 7) is 16.6. The van der Waals surface area contributed by atoms with Crippen LogP contribution in [0.15, 0.2) is 42.5 Å². The van der Waals surface area contributed by atoms with Gasteiger partial charge in [-0.25, -0.2) is 0 Å². The first-order chi connectivity index (χ1) is 11.0. The normalized spacial score (nSPS) is 9.30. The van der Waals surface area contributed by atoms with Gasteiger partial charge >= 0.3 is 28.4 Å². The zero-order valence-electron chi connectivity index (χ0n) is 18.1. The van der Waals surface area contributed by atoms with Gasteiger partial charge in [0.2, 0.25) is 0 Å². The number of hydrogen-bond acceptors (Lipinski definition) is 1. The number of hydrogen-bond donors (Lipinski definition) is 0. The van der Waals surface area contributed by atoms with Gasteiger partial charge in [0.25, 0.3) is 0 Å². The number of rotatable bonds is 3. The fourth-order valence-corrected chi connectivity index (χ4v) is 2.20. The van der Waals surface area contributed by atoms with Crippen LogP contribution in [0.1, 0.15) is 27.2 Å². The van der Waals surface area contributed by atoms with Crippen molar-refractivity contribution in [3.63, 3.8) is 0 Å². The minimum atomic E-state index is -1.22. The van der Waals surface area contributed by atoms with Crippen molar-refractivity contribution in [1.29, 1.82) is 0 Å². The van der Waals surface area contributed by atoms with Crippen LogP contribution >= 0.6 is 24.8 Å². The Morgan fingerprint density at radius 3 is 1.89 bits per heavy atom. The van der Waals surface area contributed by atoms with Crippen molar-refractivity contribution in [3.05, 3.63) is 62.5 Å². The standard InChI is InChI=1S/C9H7.C6H15OSi.C4H10N.CH3.CH2.2ClH.Zr/c1-2-5-9-7-3-6-8(9)4-1;1-5-6-7-8(2,3)4;1-4(2,3)5;;;;;/h1-7H;1,5-6H2,2-4H3;5H,1-3H3;1H3;1H2;2*1H;/q4*-1;;;;. The fraction of sp³-hybridized carbons (Fsp3) is 0.429. The van der Waals surface area contributed by atoms with E-state index >= 15 is 0 Å². The molecule has 2 nitrogen and oxygen atoms in total. The van der Waals surface area contributed by atoms with Gasteiger partial charge in [0.1, 0.15) is 0 Å². The molecule has 0 spiro atoms. The van der Waals surface area contributed by atoms with Crippen LogP contribution in [-0.4, -0.2) is 24.7 Å². The molecule has 0 heterocycles. The average Bonchev–Trinajstić information content (AvgIpc) is 2.94. The first-order valence-electron chi connectivity index (χ1n) is 8.17. The van der Waals surface area contributed by atoms with E-state index in [1.165, 1.54) is 35.0 Å². The van der Waals surface area contributed by atoms with E-state index in [1.807, 2.05) is 20.8 Å². The Balaban J connectivity index is -0.0000000840. The summed E-state index contributed by atoms with van der Waals surface area (Å²) >= 11 is 1.30. The second kappa shape index (κ2) is 21.0. The molecule has 0 aliphatic carbocycles. The molecular formula is C21H39Cl2NOSiZr-4. The molecule has 0 unspecified atom stereocenters. The predicted octanol–water partition coefficient (Wildman–Crippen LogP) is 7.72. The maximum atomic E-state index is 6.94. The van der Waals surface area contributed by atoms with Crippen molar-refractivity contribution >= 4 is 48.1 Å². The summed E-state index contributed by atoms with van der Waals surface area (Å²) in [5, 5.41) is 2.66. The van der Waals surface area contributed by atoms with E-state index in [0.29, 0.717) is 0 Å². The van der Waals surface area contributed by atoms with Crippen molar-refractivity contribution in [2.75, 3.05) is 6.61 Å². The first kappa shape index (κ1) is 38.0. The number of fused-ring (bicyclic) bond motifs is 1. The molecule has 0 aliphatic rings. The molecule has 0 bridgehead atoms. The first-order valence-corrected chi connectivity index (χ1v) is 13.3. The fourth-order valence-electron chi connectivity index (χ4n) is 1.45. The molecule has 1 N–H and O–H groups in total. The van der Waals surface area contributed by atoms with Crippen LogP contribution in [-0.2, 0) is 28.7 Å². The van der Waals surface area contributed by atoms with Gasteiger partial charge in [-0.3, -0.25) is 0 Å². The van der Waals surface area contributed by atoms with Crippen LogP contribution in [0.5, 0.6) is 0 Å². The number of halogens is 2. The van der Waals surface area contributed by atoms with E-state index in [-0.39, 0.29) is 37.8 Å². The van der Waals surface area contributed by atoms with Crippen LogP contribution in [0, 0.1) is 14.4 Å². The summed E-state index contributed by atoms with van der Waals surface area (Å²) in [6, 6.07) is 14.7. The van der Waals surface area contributed by atoms with Crippen LogP contribution in [0.3, 0.4) is 0 Å². The minimum absolute atomic E-state index is 0. The van der Waals surface area contributed by atoms with Crippen LogP contribution < -0.4 is 0 Å². The van der Waals surface area contributed by atoms with Gasteiger partial charge in [-0.05, 0) is 19.6 Å². The minimum Gasteiger partial charge on any atom is -0.358 e. The van der Waals surface area contributed by atoms with Gasteiger partial charge in [-0.15, -0.1) is 60.0 Å². The summed E-state index contributed by atoms with van der Waals surface area (Å²) in [5.74, 6) is 0. The largest absolute Gasteiger partial charge is 0.358 e. The molecule has 0 aliphatic heterocycles. The van der Waals surface area contributed by atoms with Crippen LogP contribution in [0.4, 0.5) is 0 Å². The third-order valence-corrected chi connectivity index (χ3v) is 3.30. The molecule has 0 amide bonds. The molecule has 0 saturated carbocycles. The summed E-state index contributed by atoms with van der Waals surface area (Å²) in [4.78, 5) is 0. The molecule has 0 atom stereocenters. The third kappa shape index (κ3) is 31.2. The molecule has 0 aromatic heterocycles. The van der Waals surface area contributed by atoms with E-state index in [9.17, 15) is 0 Å². The maximum Gasteiger partial charge on any atom is -0.0809 e. The summed E-state index contributed by atoms with van der Waals surface area (Å²) in [6.07, 6.45) is 0.893. The average molecular weight is 512 g/mol. The number of benzene rings is 1. The van der Waals surface area contributed by atoms with Crippen molar-refractivity contribution in [2.45, 2.75) is 52.4 Å². The molecule has 160 valence electrons. The molecule has 2 rings (SSSR count). The summed E-state index contributed by atoms with van der Waals surface area (Å²) < 4.78 is 8.79. The smallest absolute Gasteiger partial charge is 0.0809 e. The molecule has 6 heteroatoms. The van der Waals surface area contributed by atoms with E-state index < -0.39 is 8.32 Å². The Labute approximate surface area is 197 Å². The Morgan fingerprint density at radius 2 is 1.56 bits per heavy atom. The molecule has 2 aromatic carbocycles. The second-order valence-electron chi connectivity index (χ2n) is 7.22. The van der Waals surface area contributed by atoms with Crippen molar-refractivity contribution in [3.8, 4) is 0 Å². The molecule has 27 heavy (non-hydrogen) atoms. The third-order valence-electron chi connectivity index (χ3n) is 2.23. The van der Waals surface area contributed by atoms with Gasteiger partial charge in [0.05, 0.1) is 0 Å². The molecule has 2 aromatic rings. The molecule has 0 radical (unpaired) electrons. The SMILES string of the molecule is CC(C)(C)[NH-].Cl.Cl.[CH2-]CCO[Si](C)(C)C.[CH2]=[Zr].[CH3-].c1ccc2[cH-]ccc2c1. The molecule has 0 saturated heterocycles. The predicted molar refractivity (Wildman–Crippen MR) is 131 cm³/mol. The zero-order valence-corrected chi connectivity index (χ0v) is 23.2. The van der Waals surface area contributed by atoms with Gasteiger partial charge in [0.15, 0.2) is 8.32 Å². The van der Waals surface area contributed by atoms with E-state index in [1.54, 1.807) is 0 Å². The van der Waals surface area contributed by atoms with Crippen LogP contribution in [0.25, 0.3) is 16.5 Å². The van der Waals surface area contributed by atoms with Crippen LogP contribution in [0.2, 0.25) is 19.6 Å². The Kier molecular flexibility index (Phi) is 29.6.